The molecule has 0 radical (unpaired) electrons. The van der Waals surface area contributed by atoms with Gasteiger partial charge in [0.05, 0.1) is 11.4 Å². The first-order chi connectivity index (χ1) is 7.18. The second-order valence-electron chi connectivity index (χ2n) is 3.86. The van der Waals surface area contributed by atoms with E-state index in [9.17, 15) is 0 Å². The van der Waals surface area contributed by atoms with Gasteiger partial charge in [-0.2, -0.15) is 5.10 Å². The Kier molecular flexibility index (Phi) is 3.21. The molecule has 0 atom stereocenters. The van der Waals surface area contributed by atoms with Crippen LogP contribution in [0.15, 0.2) is 5.03 Å². The molecule has 15 heavy (non-hydrogen) atoms. The number of aryl methyl sites for hydroxylation is 2. The van der Waals surface area contributed by atoms with Crippen molar-refractivity contribution in [2.24, 2.45) is 7.05 Å². The van der Waals surface area contributed by atoms with Gasteiger partial charge in [-0.3, -0.25) is 4.68 Å². The van der Waals surface area contributed by atoms with Gasteiger partial charge < -0.3 is 10.5 Å². The molecule has 2 rings (SSSR count). The number of rotatable bonds is 2. The van der Waals surface area contributed by atoms with Crippen LogP contribution in [-0.2, 0) is 11.8 Å². The lowest BCUT2D eigenvalue weighted by Crippen LogP contribution is -2.18. The number of nitrogen functional groups attached to an aromatic ring is 1. The van der Waals surface area contributed by atoms with E-state index in [1.807, 2.05) is 30.4 Å². The second kappa shape index (κ2) is 4.45. The zero-order chi connectivity index (χ0) is 10.8. The Labute approximate surface area is 94.2 Å². The summed E-state index contributed by atoms with van der Waals surface area (Å²) in [6.45, 7) is 3.69. The first-order valence-electron chi connectivity index (χ1n) is 5.22. The van der Waals surface area contributed by atoms with Crippen molar-refractivity contribution in [3.63, 3.8) is 0 Å². The van der Waals surface area contributed by atoms with Crippen molar-refractivity contribution in [2.45, 2.75) is 30.0 Å². The zero-order valence-corrected chi connectivity index (χ0v) is 10.0. The molecule has 2 N–H and O–H groups in total. The Morgan fingerprint density at radius 1 is 1.47 bits per heavy atom. The minimum Gasteiger partial charge on any atom is -0.395 e. The van der Waals surface area contributed by atoms with Gasteiger partial charge >= 0.3 is 0 Å². The number of hydrogen-bond acceptors (Lipinski definition) is 4. The van der Waals surface area contributed by atoms with E-state index in [-0.39, 0.29) is 0 Å². The smallest absolute Gasteiger partial charge is 0.117 e. The van der Waals surface area contributed by atoms with Gasteiger partial charge in [0.1, 0.15) is 5.03 Å². The van der Waals surface area contributed by atoms with Gasteiger partial charge in [-0.05, 0) is 19.8 Å². The predicted octanol–water partition coefficient (Wildman–Crippen LogP) is 1.58. The third kappa shape index (κ3) is 2.29. The Morgan fingerprint density at radius 2 is 2.13 bits per heavy atom. The number of nitrogens with two attached hydrogens (primary N) is 1. The van der Waals surface area contributed by atoms with Gasteiger partial charge in [0.2, 0.25) is 0 Å². The van der Waals surface area contributed by atoms with Crippen molar-refractivity contribution in [3.05, 3.63) is 5.69 Å². The lowest BCUT2D eigenvalue weighted by molar-refractivity contribution is 0.1000. The molecule has 1 fully saturated rings. The Bertz CT molecular complexity index is 345. The molecule has 5 heteroatoms. The molecule has 84 valence electrons. The number of thioether (sulfide) groups is 1. The van der Waals surface area contributed by atoms with Gasteiger partial charge in [-0.1, -0.05) is 0 Å². The van der Waals surface area contributed by atoms with Crippen LogP contribution in [0.2, 0.25) is 0 Å². The highest BCUT2D eigenvalue weighted by atomic mass is 32.2. The van der Waals surface area contributed by atoms with E-state index in [1.165, 1.54) is 0 Å². The molecule has 0 aliphatic carbocycles. The van der Waals surface area contributed by atoms with Crippen LogP contribution in [0.5, 0.6) is 0 Å². The van der Waals surface area contributed by atoms with Crippen LogP contribution in [-0.4, -0.2) is 28.2 Å². The maximum Gasteiger partial charge on any atom is 0.117 e. The maximum absolute atomic E-state index is 5.99. The number of anilines is 1. The summed E-state index contributed by atoms with van der Waals surface area (Å²) in [5.74, 6) is 0. The topological polar surface area (TPSA) is 53.1 Å². The summed E-state index contributed by atoms with van der Waals surface area (Å²) in [4.78, 5) is 0. The monoisotopic (exact) mass is 227 g/mol. The number of ether oxygens (including phenoxy) is 1. The number of nitrogens with zero attached hydrogens (tertiary/aromatic N) is 2. The lowest BCUT2D eigenvalue weighted by Gasteiger charge is -2.21. The molecule has 0 aromatic carbocycles. The molecule has 1 aliphatic heterocycles. The molecule has 0 unspecified atom stereocenters. The maximum atomic E-state index is 5.99. The largest absolute Gasteiger partial charge is 0.395 e. The molecule has 0 amide bonds. The Hall–Kier alpha value is -0.680. The van der Waals surface area contributed by atoms with Gasteiger partial charge in [0, 0.05) is 25.5 Å². The van der Waals surface area contributed by atoms with Crippen LogP contribution in [0.25, 0.3) is 0 Å². The molecule has 1 aromatic heterocycles. The van der Waals surface area contributed by atoms with E-state index in [0.717, 1.165) is 42.5 Å². The third-order valence-electron chi connectivity index (χ3n) is 2.66. The summed E-state index contributed by atoms with van der Waals surface area (Å²) in [6.07, 6.45) is 2.21. The number of aromatic nitrogens is 2. The Balaban J connectivity index is 2.09. The highest BCUT2D eigenvalue weighted by molar-refractivity contribution is 8.00. The van der Waals surface area contributed by atoms with E-state index in [1.54, 1.807) is 0 Å². The van der Waals surface area contributed by atoms with Gasteiger partial charge in [-0.15, -0.1) is 11.8 Å². The lowest BCUT2D eigenvalue weighted by atomic mass is 10.2. The molecule has 1 saturated heterocycles. The van der Waals surface area contributed by atoms with Crippen LogP contribution < -0.4 is 5.73 Å². The summed E-state index contributed by atoms with van der Waals surface area (Å²) >= 11 is 1.83. The van der Waals surface area contributed by atoms with Crippen molar-refractivity contribution in [1.82, 2.24) is 9.78 Å². The molecule has 0 spiro atoms. The van der Waals surface area contributed by atoms with E-state index in [4.69, 9.17) is 10.5 Å². The second-order valence-corrected chi connectivity index (χ2v) is 5.15. The molecular formula is C10H17N3OS. The SMILES string of the molecule is Cc1nn(C)c(SC2CCOCC2)c1N. The van der Waals surface area contributed by atoms with E-state index >= 15 is 0 Å². The van der Waals surface area contributed by atoms with Crippen LogP contribution in [0.1, 0.15) is 18.5 Å². The van der Waals surface area contributed by atoms with Crippen molar-refractivity contribution < 1.29 is 4.74 Å². The zero-order valence-electron chi connectivity index (χ0n) is 9.19. The quantitative estimate of drug-likeness (QED) is 0.833. The summed E-state index contributed by atoms with van der Waals surface area (Å²) < 4.78 is 7.22. The highest BCUT2D eigenvalue weighted by Crippen LogP contribution is 2.34. The van der Waals surface area contributed by atoms with Gasteiger partial charge in [0.15, 0.2) is 0 Å². The third-order valence-corrected chi connectivity index (χ3v) is 4.17. The first kappa shape index (κ1) is 10.8. The molecule has 1 aliphatic rings. The molecular weight excluding hydrogens is 210 g/mol. The summed E-state index contributed by atoms with van der Waals surface area (Å²) in [5, 5.41) is 6.03. The Morgan fingerprint density at radius 3 is 2.67 bits per heavy atom. The minimum absolute atomic E-state index is 0.621. The van der Waals surface area contributed by atoms with Crippen LogP contribution in [0.3, 0.4) is 0 Å². The molecule has 2 heterocycles. The first-order valence-corrected chi connectivity index (χ1v) is 6.10. The predicted molar refractivity (Wildman–Crippen MR) is 62.1 cm³/mol. The molecule has 4 nitrogen and oxygen atoms in total. The minimum atomic E-state index is 0.621. The molecule has 0 saturated carbocycles. The van der Waals surface area contributed by atoms with Crippen LogP contribution >= 0.6 is 11.8 Å². The van der Waals surface area contributed by atoms with Crippen molar-refractivity contribution in [2.75, 3.05) is 18.9 Å². The summed E-state index contributed by atoms with van der Waals surface area (Å²) in [5.41, 5.74) is 7.74. The van der Waals surface area contributed by atoms with E-state index in [0.29, 0.717) is 5.25 Å². The fourth-order valence-corrected chi connectivity index (χ4v) is 2.96. The standard InChI is InChI=1S/C10H17N3OS/c1-7-9(11)10(13(2)12-7)15-8-3-5-14-6-4-8/h8H,3-6,11H2,1-2H3. The average molecular weight is 227 g/mol. The van der Waals surface area contributed by atoms with Crippen LogP contribution in [0, 0.1) is 6.92 Å². The van der Waals surface area contributed by atoms with E-state index in [2.05, 4.69) is 5.10 Å². The highest BCUT2D eigenvalue weighted by Gasteiger charge is 2.19. The normalized spacial score (nSPS) is 18.3. The van der Waals surface area contributed by atoms with Crippen molar-refractivity contribution in [1.29, 1.82) is 0 Å². The van der Waals surface area contributed by atoms with E-state index < -0.39 is 0 Å². The fourth-order valence-electron chi connectivity index (χ4n) is 1.74. The summed E-state index contributed by atoms with van der Waals surface area (Å²) in [6, 6.07) is 0. The summed E-state index contributed by atoms with van der Waals surface area (Å²) in [7, 11) is 1.95. The van der Waals surface area contributed by atoms with Gasteiger partial charge in [0.25, 0.3) is 0 Å². The average Bonchev–Trinajstić information content (AvgIpc) is 2.47. The van der Waals surface area contributed by atoms with Gasteiger partial charge in [-0.25, -0.2) is 0 Å². The van der Waals surface area contributed by atoms with Crippen LogP contribution in [0.4, 0.5) is 5.69 Å². The molecule has 0 bridgehead atoms. The van der Waals surface area contributed by atoms with Crippen molar-refractivity contribution >= 4 is 17.4 Å². The van der Waals surface area contributed by atoms with Crippen molar-refractivity contribution in [3.8, 4) is 0 Å². The fraction of sp³-hybridized carbons (Fsp3) is 0.700. The number of hydrogen-bond donors (Lipinski definition) is 1. The molecule has 1 aromatic rings.